The lowest BCUT2D eigenvalue weighted by Gasteiger charge is -2.42. The highest BCUT2D eigenvalue weighted by molar-refractivity contribution is 5.96. The minimum atomic E-state index is -0.935. The molecule has 4 atom stereocenters. The van der Waals surface area contributed by atoms with Gasteiger partial charge in [-0.3, -0.25) is 9.59 Å². The molecule has 1 aliphatic carbocycles. The van der Waals surface area contributed by atoms with Gasteiger partial charge in [0.05, 0.1) is 5.41 Å². The predicted octanol–water partition coefficient (Wildman–Crippen LogP) is 2.61. The van der Waals surface area contributed by atoms with Gasteiger partial charge in [0.2, 0.25) is 0 Å². The highest BCUT2D eigenvalue weighted by atomic mass is 16.6. The molecule has 1 amide bonds. The van der Waals surface area contributed by atoms with E-state index in [1.807, 2.05) is 25.7 Å². The first-order chi connectivity index (χ1) is 9.64. The number of likely N-dealkylation sites (tertiary alicyclic amines) is 1. The number of carbonyl (C=O) groups excluding carboxylic acids is 2. The normalized spacial score (nSPS) is 44.8. The number of esters is 1. The van der Waals surface area contributed by atoms with E-state index in [0.29, 0.717) is 18.3 Å². The molecule has 0 aromatic rings. The molecule has 1 saturated carbocycles. The van der Waals surface area contributed by atoms with Gasteiger partial charge in [-0.25, -0.2) is 0 Å². The Hall–Kier alpha value is -1.06. The highest BCUT2D eigenvalue weighted by Gasteiger charge is 2.76. The number of carbonyl (C=O) groups is 2. The fourth-order valence-corrected chi connectivity index (χ4v) is 4.81. The number of piperidine rings is 1. The van der Waals surface area contributed by atoms with E-state index in [1.54, 1.807) is 0 Å². The van der Waals surface area contributed by atoms with Crippen LogP contribution in [0.25, 0.3) is 0 Å². The van der Waals surface area contributed by atoms with Crippen LogP contribution in [0.15, 0.2) is 0 Å². The van der Waals surface area contributed by atoms with Crippen molar-refractivity contribution in [2.45, 2.75) is 59.5 Å². The lowest BCUT2D eigenvalue weighted by Crippen LogP contribution is -2.57. The van der Waals surface area contributed by atoms with Crippen molar-refractivity contribution in [1.29, 1.82) is 0 Å². The van der Waals surface area contributed by atoms with Crippen molar-refractivity contribution in [3.8, 4) is 0 Å². The molecule has 21 heavy (non-hydrogen) atoms. The molecule has 118 valence electrons. The van der Waals surface area contributed by atoms with Gasteiger partial charge in [-0.1, -0.05) is 27.7 Å². The number of rotatable bonds is 1. The second kappa shape index (κ2) is 4.23. The Morgan fingerprint density at radius 2 is 1.71 bits per heavy atom. The first-order valence-corrected chi connectivity index (χ1v) is 8.17. The fraction of sp³-hybridized carbons (Fsp3) is 0.882. The van der Waals surface area contributed by atoms with E-state index in [2.05, 4.69) is 13.8 Å². The molecule has 2 aliphatic heterocycles. The molecule has 3 fully saturated rings. The van der Waals surface area contributed by atoms with Gasteiger partial charge in [-0.15, -0.1) is 0 Å². The fourth-order valence-electron chi connectivity index (χ4n) is 4.81. The van der Waals surface area contributed by atoms with Crippen LogP contribution in [0, 0.1) is 22.7 Å². The minimum absolute atomic E-state index is 0.0421. The second-order valence-electron chi connectivity index (χ2n) is 8.33. The summed E-state index contributed by atoms with van der Waals surface area (Å²) >= 11 is 0. The minimum Gasteiger partial charge on any atom is -0.448 e. The molecule has 3 rings (SSSR count). The summed E-state index contributed by atoms with van der Waals surface area (Å²) in [4.78, 5) is 27.5. The van der Waals surface area contributed by atoms with Crippen LogP contribution in [0.1, 0.15) is 53.9 Å². The van der Waals surface area contributed by atoms with E-state index in [4.69, 9.17) is 4.74 Å². The zero-order valence-corrected chi connectivity index (χ0v) is 13.9. The van der Waals surface area contributed by atoms with Crippen LogP contribution in [-0.2, 0) is 14.3 Å². The van der Waals surface area contributed by atoms with Gasteiger partial charge in [0, 0.05) is 18.5 Å². The molecule has 0 unspecified atom stereocenters. The number of hydrogen-bond acceptors (Lipinski definition) is 3. The standard InChI is InChI=1S/C17H27NO3/c1-11-8-12(2)10-18(9-11)13(19)17-7-6-16(5,14(20)21-17)15(17,3)4/h11-12H,6-10H2,1-5H3/t11-,12+,16-,17+/m0/s1. The van der Waals surface area contributed by atoms with Crippen LogP contribution in [0.2, 0.25) is 0 Å². The van der Waals surface area contributed by atoms with Crippen LogP contribution < -0.4 is 0 Å². The summed E-state index contributed by atoms with van der Waals surface area (Å²) in [7, 11) is 0. The maximum absolute atomic E-state index is 13.2. The quantitative estimate of drug-likeness (QED) is 0.698. The predicted molar refractivity (Wildman–Crippen MR) is 79.5 cm³/mol. The van der Waals surface area contributed by atoms with Gasteiger partial charge >= 0.3 is 5.97 Å². The van der Waals surface area contributed by atoms with Crippen LogP contribution in [0.3, 0.4) is 0 Å². The summed E-state index contributed by atoms with van der Waals surface area (Å²) in [5.41, 5.74) is -1.89. The Kier molecular flexibility index (Phi) is 3.00. The second-order valence-corrected chi connectivity index (χ2v) is 8.33. The van der Waals surface area contributed by atoms with E-state index in [0.717, 1.165) is 25.9 Å². The first kappa shape index (κ1) is 14.9. The molecular formula is C17H27NO3. The lowest BCUT2D eigenvalue weighted by molar-refractivity contribution is -0.175. The Morgan fingerprint density at radius 3 is 2.14 bits per heavy atom. The molecule has 2 heterocycles. The van der Waals surface area contributed by atoms with Gasteiger partial charge in [0.15, 0.2) is 5.60 Å². The molecule has 2 bridgehead atoms. The highest BCUT2D eigenvalue weighted by Crippen LogP contribution is 2.66. The molecule has 0 spiro atoms. The van der Waals surface area contributed by atoms with Crippen LogP contribution >= 0.6 is 0 Å². The van der Waals surface area contributed by atoms with Crippen molar-refractivity contribution >= 4 is 11.9 Å². The third-order valence-electron chi connectivity index (χ3n) is 6.59. The molecular weight excluding hydrogens is 266 g/mol. The van der Waals surface area contributed by atoms with Gasteiger partial charge in [-0.05, 0) is 38.0 Å². The Balaban J connectivity index is 1.93. The third kappa shape index (κ3) is 1.68. The monoisotopic (exact) mass is 293 g/mol. The van der Waals surface area contributed by atoms with Crippen molar-refractivity contribution in [3.63, 3.8) is 0 Å². The molecule has 0 aromatic heterocycles. The summed E-state index contributed by atoms with van der Waals surface area (Å²) in [6.45, 7) is 12.0. The molecule has 4 heteroatoms. The van der Waals surface area contributed by atoms with Crippen LogP contribution in [0.4, 0.5) is 0 Å². The molecule has 3 aliphatic rings. The number of nitrogens with zero attached hydrogens (tertiary/aromatic N) is 1. The number of amides is 1. The molecule has 0 aromatic carbocycles. The Morgan fingerprint density at radius 1 is 1.14 bits per heavy atom. The van der Waals surface area contributed by atoms with E-state index >= 15 is 0 Å². The van der Waals surface area contributed by atoms with Gasteiger partial charge in [-0.2, -0.15) is 0 Å². The average molecular weight is 293 g/mol. The Bertz CT molecular complexity index is 490. The average Bonchev–Trinajstić information content (AvgIpc) is 2.67. The summed E-state index contributed by atoms with van der Waals surface area (Å²) < 4.78 is 5.72. The first-order valence-electron chi connectivity index (χ1n) is 8.17. The molecule has 0 radical (unpaired) electrons. The summed E-state index contributed by atoms with van der Waals surface area (Å²) in [6.07, 6.45) is 2.58. The van der Waals surface area contributed by atoms with Crippen LogP contribution in [-0.4, -0.2) is 35.5 Å². The van der Waals surface area contributed by atoms with Gasteiger partial charge in [0.25, 0.3) is 5.91 Å². The van der Waals surface area contributed by atoms with E-state index in [9.17, 15) is 9.59 Å². The van der Waals surface area contributed by atoms with Gasteiger partial charge < -0.3 is 9.64 Å². The van der Waals surface area contributed by atoms with E-state index in [1.165, 1.54) is 0 Å². The maximum Gasteiger partial charge on any atom is 0.313 e. The van der Waals surface area contributed by atoms with E-state index in [-0.39, 0.29) is 11.9 Å². The van der Waals surface area contributed by atoms with Crippen molar-refractivity contribution in [2.75, 3.05) is 13.1 Å². The van der Waals surface area contributed by atoms with Crippen molar-refractivity contribution < 1.29 is 14.3 Å². The Labute approximate surface area is 127 Å². The maximum atomic E-state index is 13.2. The van der Waals surface area contributed by atoms with Crippen molar-refractivity contribution in [1.82, 2.24) is 4.90 Å². The third-order valence-corrected chi connectivity index (χ3v) is 6.59. The number of hydrogen-bond donors (Lipinski definition) is 0. The summed E-state index contributed by atoms with van der Waals surface area (Å²) in [5.74, 6) is 0.884. The number of ether oxygens (including phenoxy) is 1. The molecule has 4 nitrogen and oxygen atoms in total. The smallest absolute Gasteiger partial charge is 0.313 e. The lowest BCUT2D eigenvalue weighted by atomic mass is 9.66. The van der Waals surface area contributed by atoms with Crippen molar-refractivity contribution in [3.05, 3.63) is 0 Å². The largest absolute Gasteiger partial charge is 0.448 e. The van der Waals surface area contributed by atoms with Crippen molar-refractivity contribution in [2.24, 2.45) is 22.7 Å². The molecule has 0 N–H and O–H groups in total. The summed E-state index contributed by atoms with van der Waals surface area (Å²) in [6, 6.07) is 0. The van der Waals surface area contributed by atoms with E-state index < -0.39 is 16.4 Å². The molecule has 2 saturated heterocycles. The van der Waals surface area contributed by atoms with Crippen LogP contribution in [0.5, 0.6) is 0 Å². The zero-order valence-electron chi connectivity index (χ0n) is 13.9. The summed E-state index contributed by atoms with van der Waals surface area (Å²) in [5, 5.41) is 0. The van der Waals surface area contributed by atoms with Gasteiger partial charge in [0.1, 0.15) is 0 Å². The number of fused-ring (bicyclic) bond motifs is 2. The zero-order chi connectivity index (χ0) is 15.6. The SMILES string of the molecule is C[C@@H]1C[C@H](C)CN(C(=O)[C@@]23CC[C@@](C)(C(=O)O2)C3(C)C)C1. The topological polar surface area (TPSA) is 46.6 Å².